The molecule has 13 nitrogen and oxygen atoms in total. The zero-order valence-corrected chi connectivity index (χ0v) is 39.9. The van der Waals surface area contributed by atoms with Crippen molar-refractivity contribution in [2.24, 2.45) is 22.9 Å². The molecule has 7 atom stereocenters. The highest BCUT2D eigenvalue weighted by molar-refractivity contribution is 7.98. The Labute approximate surface area is 408 Å². The molecule has 5 aliphatic rings. The van der Waals surface area contributed by atoms with Crippen molar-refractivity contribution in [2.45, 2.75) is 99.7 Å². The van der Waals surface area contributed by atoms with E-state index in [0.29, 0.717) is 71.5 Å². The number of carbonyl (C=O) groups excluding carboxylic acids is 1. The van der Waals surface area contributed by atoms with Crippen molar-refractivity contribution < 1.29 is 48.3 Å². The third-order valence-electron chi connectivity index (χ3n) is 14.0. The van der Waals surface area contributed by atoms with Crippen LogP contribution in [0, 0.1) is 29.1 Å². The summed E-state index contributed by atoms with van der Waals surface area (Å²) in [6.45, 7) is 5.16. The molecular formula is C55H61N3O10S. The van der Waals surface area contributed by atoms with Crippen molar-refractivity contribution >= 4 is 23.4 Å². The average Bonchev–Trinajstić information content (AvgIpc) is 3.86. The first-order valence-electron chi connectivity index (χ1n) is 24.2. The van der Waals surface area contributed by atoms with Gasteiger partial charge in [0.15, 0.2) is 11.5 Å². The Morgan fingerprint density at radius 2 is 1.71 bits per heavy atom. The number of allylic oxidation sites excluding steroid dienone is 1. The molecule has 4 aromatic rings. The first kappa shape index (κ1) is 48.2. The van der Waals surface area contributed by atoms with Gasteiger partial charge in [-0.25, -0.2) is 0 Å². The second-order valence-electron chi connectivity index (χ2n) is 18.3. The average molecular weight is 956 g/mol. The van der Waals surface area contributed by atoms with Gasteiger partial charge < -0.3 is 48.4 Å². The number of hydrogen-bond donors (Lipinski definition) is 2. The van der Waals surface area contributed by atoms with Gasteiger partial charge in [-0.1, -0.05) is 36.2 Å². The van der Waals surface area contributed by atoms with Crippen LogP contribution in [0.3, 0.4) is 0 Å². The third-order valence-corrected chi connectivity index (χ3v) is 14.8. The molecule has 1 unspecified atom stereocenters. The van der Waals surface area contributed by atoms with E-state index in [4.69, 9.17) is 38.4 Å². The predicted octanol–water partition coefficient (Wildman–Crippen LogP) is 10.3. The highest BCUT2D eigenvalue weighted by Gasteiger charge is 2.65. The van der Waals surface area contributed by atoms with E-state index in [9.17, 15) is 15.5 Å². The van der Waals surface area contributed by atoms with Crippen LogP contribution < -0.4 is 18.9 Å². The maximum absolute atomic E-state index is 15.6. The van der Waals surface area contributed by atoms with Gasteiger partial charge in [0, 0.05) is 54.5 Å². The van der Waals surface area contributed by atoms with Crippen LogP contribution in [0.1, 0.15) is 97.2 Å². The molecule has 3 aliphatic heterocycles. The lowest BCUT2D eigenvalue weighted by atomic mass is 9.55. The Morgan fingerprint density at radius 3 is 2.45 bits per heavy atom. The molecule has 2 aliphatic carbocycles. The number of amides is 1. The molecule has 0 bridgehead atoms. The summed E-state index contributed by atoms with van der Waals surface area (Å²) in [6.07, 6.45) is 12.8. The fourth-order valence-corrected chi connectivity index (χ4v) is 11.2. The molecular weight excluding hydrogens is 895 g/mol. The summed E-state index contributed by atoms with van der Waals surface area (Å²) in [5.74, 6) is 0.582. The fraction of sp³-hybridized carbons (Fsp3) is 0.436. The number of benzene rings is 4. The number of carbonyl (C=O) groups is 1. The van der Waals surface area contributed by atoms with Gasteiger partial charge in [0.1, 0.15) is 23.3 Å². The van der Waals surface area contributed by atoms with Crippen molar-refractivity contribution in [1.82, 2.24) is 4.90 Å². The Balaban J connectivity index is 1.26. The zero-order valence-electron chi connectivity index (χ0n) is 39.1. The first-order valence-corrected chi connectivity index (χ1v) is 25.5. The Morgan fingerprint density at radius 1 is 0.942 bits per heavy atom. The molecule has 2 fully saturated rings. The summed E-state index contributed by atoms with van der Waals surface area (Å²) in [5.41, 5.74) is 4.14. The van der Waals surface area contributed by atoms with Crippen LogP contribution in [0.15, 0.2) is 119 Å². The highest BCUT2D eigenvalue weighted by atomic mass is 32.2. The van der Waals surface area contributed by atoms with Crippen LogP contribution in [0.5, 0.6) is 28.7 Å². The second kappa shape index (κ2) is 22.3. The van der Waals surface area contributed by atoms with Gasteiger partial charge in [-0.05, 0) is 147 Å². The molecule has 1 saturated heterocycles. The van der Waals surface area contributed by atoms with Crippen molar-refractivity contribution in [3.05, 3.63) is 131 Å². The van der Waals surface area contributed by atoms with E-state index in [1.807, 2.05) is 65.8 Å². The number of rotatable bonds is 20. The van der Waals surface area contributed by atoms with E-state index in [-0.39, 0.29) is 63.2 Å². The second-order valence-corrected chi connectivity index (χ2v) is 19.1. The monoisotopic (exact) mass is 955 g/mol. The molecule has 69 heavy (non-hydrogen) atoms. The Kier molecular flexibility index (Phi) is 15.6. The van der Waals surface area contributed by atoms with Crippen molar-refractivity contribution in [3.63, 3.8) is 0 Å². The van der Waals surface area contributed by atoms with Crippen molar-refractivity contribution in [1.29, 1.82) is 5.26 Å². The summed E-state index contributed by atoms with van der Waals surface area (Å²) in [6, 6.07) is 27.7. The molecule has 0 aromatic heterocycles. The summed E-state index contributed by atoms with van der Waals surface area (Å²) in [7, 11) is 0. The number of fused-ring (bicyclic) bond motifs is 3. The molecule has 362 valence electrons. The van der Waals surface area contributed by atoms with Crippen LogP contribution in [0.25, 0.3) is 0 Å². The number of nitrogens with zero attached hydrogens (tertiary/aromatic N) is 3. The lowest BCUT2D eigenvalue weighted by molar-refractivity contribution is -0.255. The summed E-state index contributed by atoms with van der Waals surface area (Å²) in [4.78, 5) is 24.9. The number of oxime groups is 1. The normalized spacial score (nSPS) is 24.8. The number of hydrogen-bond acceptors (Lipinski definition) is 13. The summed E-state index contributed by atoms with van der Waals surface area (Å²) >= 11 is 1.67. The van der Waals surface area contributed by atoms with Crippen LogP contribution in [-0.4, -0.2) is 84.3 Å². The quantitative estimate of drug-likeness (QED) is 0.0374. The van der Waals surface area contributed by atoms with Crippen LogP contribution in [0.2, 0.25) is 0 Å². The SMILES string of the molecule is C=CCO[C@@]12Oc3ccc(Oc4ccc(SC)cc4)cc3[C@H]3[C@H](CCCCO)[C@@H](CCCCO)C=C(C(=NOC4CCCCO4)C[C@@H]1N(Cc1ccc4c(c1)OCO4)C(=O)c1ccc(C#N)cc1)[C@H]32. The van der Waals surface area contributed by atoms with Crippen LogP contribution >= 0.6 is 11.8 Å². The standard InChI is InChI=1S/C55H61N3O10S/c1-3-27-65-55-50(58(54(61)38-16-13-36(33-56)14-17-38)34-37-15-23-48-49(29-37)64-35-63-48)32-46(57-68-51-12-6-9-28-62-51)44-30-39(10-4-7-25-59)43(11-5-8-26-60)52(53(44)55)45-31-41(20-24-47(45)67-55)66-40-18-21-42(69-2)22-19-40/h3,13-24,29-31,39,43,50-53,59-60H,1,4-12,25-28,32,34-35H2,2H3/t39-,43+,50-,51?,52+,53+,55+/m0/s1. The maximum atomic E-state index is 15.6. The number of aliphatic hydroxyl groups excluding tert-OH is 2. The third kappa shape index (κ3) is 10.4. The van der Waals surface area contributed by atoms with Crippen molar-refractivity contribution in [3.8, 4) is 34.8 Å². The van der Waals surface area contributed by atoms with Gasteiger partial charge in [0.2, 0.25) is 18.9 Å². The molecule has 0 radical (unpaired) electrons. The molecule has 2 N–H and O–H groups in total. The molecule has 9 rings (SSSR count). The number of unbranched alkanes of at least 4 members (excludes halogenated alkanes) is 2. The number of thioether (sulfide) groups is 1. The van der Waals surface area contributed by atoms with Gasteiger partial charge in [0.25, 0.3) is 5.91 Å². The van der Waals surface area contributed by atoms with Crippen LogP contribution in [-0.2, 0) is 20.9 Å². The lowest BCUT2D eigenvalue weighted by Crippen LogP contribution is -2.70. The van der Waals surface area contributed by atoms with E-state index in [2.05, 4.69) is 24.8 Å². The molecule has 1 amide bonds. The zero-order chi connectivity index (χ0) is 47.7. The highest BCUT2D eigenvalue weighted by Crippen LogP contribution is 2.62. The smallest absolute Gasteiger partial charge is 0.254 e. The summed E-state index contributed by atoms with van der Waals surface area (Å²) < 4.78 is 39.0. The minimum Gasteiger partial charge on any atom is -0.459 e. The van der Waals surface area contributed by atoms with E-state index in [1.165, 1.54) is 0 Å². The summed E-state index contributed by atoms with van der Waals surface area (Å²) in [5, 5.41) is 34.9. The topological polar surface area (TPSA) is 162 Å². The number of aliphatic hydroxyl groups is 2. The van der Waals surface area contributed by atoms with Crippen molar-refractivity contribution in [2.75, 3.05) is 39.5 Å². The maximum Gasteiger partial charge on any atom is 0.254 e. The van der Waals surface area contributed by atoms with Gasteiger partial charge in [0.05, 0.1) is 36.5 Å². The largest absolute Gasteiger partial charge is 0.459 e. The van der Waals surface area contributed by atoms with Gasteiger partial charge in [-0.15, -0.1) is 18.3 Å². The van der Waals surface area contributed by atoms with Crippen LogP contribution in [0.4, 0.5) is 0 Å². The number of nitriles is 1. The van der Waals surface area contributed by atoms with Gasteiger partial charge >= 0.3 is 0 Å². The van der Waals surface area contributed by atoms with Gasteiger partial charge in [-0.2, -0.15) is 5.26 Å². The fourth-order valence-electron chi connectivity index (χ4n) is 10.8. The minimum absolute atomic E-state index is 0.00796. The Bertz CT molecular complexity index is 2540. The van der Waals surface area contributed by atoms with E-state index >= 15 is 4.79 Å². The van der Waals surface area contributed by atoms with E-state index in [1.54, 1.807) is 42.1 Å². The van der Waals surface area contributed by atoms with E-state index in [0.717, 1.165) is 60.1 Å². The minimum atomic E-state index is -1.52. The van der Waals surface area contributed by atoms with Gasteiger partial charge in [-0.3, -0.25) is 4.79 Å². The molecule has 1 saturated carbocycles. The number of ether oxygens (including phenoxy) is 6. The molecule has 0 spiro atoms. The molecule has 3 heterocycles. The first-order chi connectivity index (χ1) is 33.9. The lowest BCUT2D eigenvalue weighted by Gasteiger charge is -2.60. The Hall–Kier alpha value is -5.82. The van der Waals surface area contributed by atoms with E-state index < -0.39 is 24.0 Å². The predicted molar refractivity (Wildman–Crippen MR) is 262 cm³/mol. The molecule has 14 heteroatoms. The molecule has 4 aromatic carbocycles.